The molecule has 0 aliphatic carbocycles. The molecule has 0 aromatic carbocycles. The van der Waals surface area contributed by atoms with Crippen molar-refractivity contribution in [3.05, 3.63) is 24.5 Å². The maximum absolute atomic E-state index is 5.31. The van der Waals surface area contributed by atoms with E-state index in [1.807, 2.05) is 6.07 Å². The van der Waals surface area contributed by atoms with E-state index >= 15 is 0 Å². The second kappa shape index (κ2) is 3.97. The minimum absolute atomic E-state index is 0.457. The van der Waals surface area contributed by atoms with Crippen molar-refractivity contribution in [1.29, 1.82) is 0 Å². The number of ether oxygens (including phenoxy) is 1. The summed E-state index contributed by atoms with van der Waals surface area (Å²) in [4.78, 5) is 12.3. The molecular formula is C9H10N4O. The highest BCUT2D eigenvalue weighted by molar-refractivity contribution is 5.69. The van der Waals surface area contributed by atoms with E-state index in [0.29, 0.717) is 24.7 Å². The molecule has 0 radical (unpaired) electrons. The summed E-state index contributed by atoms with van der Waals surface area (Å²) >= 11 is 0. The van der Waals surface area contributed by atoms with Crippen molar-refractivity contribution >= 4 is 11.2 Å². The third-order valence-electron chi connectivity index (χ3n) is 1.67. The lowest BCUT2D eigenvalue weighted by Crippen LogP contribution is -2.11. The first-order valence-corrected chi connectivity index (χ1v) is 4.31. The Labute approximate surface area is 81.0 Å². The molecule has 0 amide bonds. The Balaban J connectivity index is 2.32. The van der Waals surface area contributed by atoms with Crippen LogP contribution in [0.1, 0.15) is 0 Å². The summed E-state index contributed by atoms with van der Waals surface area (Å²) in [5.41, 5.74) is 6.65. The van der Waals surface area contributed by atoms with E-state index in [0.717, 1.165) is 5.52 Å². The molecule has 0 unspecified atom stereocenters. The van der Waals surface area contributed by atoms with Gasteiger partial charge in [-0.2, -0.15) is 4.98 Å². The molecule has 5 nitrogen and oxygen atoms in total. The first-order chi connectivity index (χ1) is 6.90. The van der Waals surface area contributed by atoms with Crippen LogP contribution in [-0.2, 0) is 0 Å². The van der Waals surface area contributed by atoms with Crippen molar-refractivity contribution in [2.24, 2.45) is 5.73 Å². The van der Waals surface area contributed by atoms with Crippen molar-refractivity contribution in [2.45, 2.75) is 0 Å². The Bertz CT molecular complexity index is 432. The van der Waals surface area contributed by atoms with Crippen molar-refractivity contribution in [2.75, 3.05) is 13.2 Å². The zero-order valence-electron chi connectivity index (χ0n) is 7.55. The molecule has 0 aliphatic heterocycles. The number of pyridine rings is 1. The third kappa shape index (κ3) is 1.77. The van der Waals surface area contributed by atoms with Crippen LogP contribution >= 0.6 is 0 Å². The lowest BCUT2D eigenvalue weighted by atomic mass is 10.4. The molecule has 0 fully saturated rings. The lowest BCUT2D eigenvalue weighted by molar-refractivity contribution is 0.316. The number of rotatable bonds is 3. The van der Waals surface area contributed by atoms with Crippen LogP contribution in [-0.4, -0.2) is 28.1 Å². The van der Waals surface area contributed by atoms with E-state index in [9.17, 15) is 0 Å². The number of fused-ring (bicyclic) bond motifs is 1. The van der Waals surface area contributed by atoms with E-state index < -0.39 is 0 Å². The average Bonchev–Trinajstić information content (AvgIpc) is 2.26. The van der Waals surface area contributed by atoms with Crippen molar-refractivity contribution in [3.63, 3.8) is 0 Å². The molecule has 14 heavy (non-hydrogen) atoms. The van der Waals surface area contributed by atoms with E-state index in [1.54, 1.807) is 18.5 Å². The predicted octanol–water partition coefficient (Wildman–Crippen LogP) is 0.362. The summed E-state index contributed by atoms with van der Waals surface area (Å²) in [5, 5.41) is 0. The monoisotopic (exact) mass is 190 g/mol. The average molecular weight is 190 g/mol. The Morgan fingerprint density at radius 2 is 2.07 bits per heavy atom. The van der Waals surface area contributed by atoms with Gasteiger partial charge in [-0.05, 0) is 6.07 Å². The molecule has 2 rings (SSSR count). The fourth-order valence-electron chi connectivity index (χ4n) is 1.08. The van der Waals surface area contributed by atoms with Gasteiger partial charge in [-0.3, -0.25) is 4.98 Å². The van der Waals surface area contributed by atoms with Crippen molar-refractivity contribution in [3.8, 4) is 5.88 Å². The number of hydrogen-bond acceptors (Lipinski definition) is 5. The molecular weight excluding hydrogens is 180 g/mol. The maximum atomic E-state index is 5.31. The van der Waals surface area contributed by atoms with E-state index in [1.165, 1.54) is 0 Å². The summed E-state index contributed by atoms with van der Waals surface area (Å²) in [6.45, 7) is 0.930. The highest BCUT2D eigenvalue weighted by Crippen LogP contribution is 2.11. The van der Waals surface area contributed by atoms with Gasteiger partial charge in [0.1, 0.15) is 12.1 Å². The van der Waals surface area contributed by atoms with Crippen LogP contribution in [0, 0.1) is 0 Å². The normalized spacial score (nSPS) is 10.4. The lowest BCUT2D eigenvalue weighted by Gasteiger charge is -2.02. The van der Waals surface area contributed by atoms with E-state index in [4.69, 9.17) is 10.5 Å². The van der Waals surface area contributed by atoms with Crippen molar-refractivity contribution in [1.82, 2.24) is 15.0 Å². The van der Waals surface area contributed by atoms with Gasteiger partial charge in [-0.15, -0.1) is 0 Å². The van der Waals surface area contributed by atoms with Gasteiger partial charge in [-0.25, -0.2) is 4.98 Å². The number of hydrogen-bond donors (Lipinski definition) is 1. The van der Waals surface area contributed by atoms with Crippen LogP contribution in [0.2, 0.25) is 0 Å². The van der Waals surface area contributed by atoms with Crippen LogP contribution in [0.5, 0.6) is 5.88 Å². The van der Waals surface area contributed by atoms with Crippen LogP contribution in [0.25, 0.3) is 11.2 Å². The van der Waals surface area contributed by atoms with E-state index in [-0.39, 0.29) is 0 Å². The van der Waals surface area contributed by atoms with Gasteiger partial charge in [0.2, 0.25) is 5.88 Å². The molecule has 72 valence electrons. The topological polar surface area (TPSA) is 73.9 Å². The van der Waals surface area contributed by atoms with E-state index in [2.05, 4.69) is 15.0 Å². The largest absolute Gasteiger partial charge is 0.476 e. The van der Waals surface area contributed by atoms with Crippen LogP contribution in [0.15, 0.2) is 24.5 Å². The maximum Gasteiger partial charge on any atom is 0.215 e. The zero-order chi connectivity index (χ0) is 9.80. The quantitative estimate of drug-likeness (QED) is 0.756. The summed E-state index contributed by atoms with van der Waals surface area (Å²) in [7, 11) is 0. The molecule has 0 saturated heterocycles. The Hall–Kier alpha value is -1.75. The minimum atomic E-state index is 0.457. The molecule has 2 heterocycles. The van der Waals surface area contributed by atoms with Crippen LogP contribution < -0.4 is 10.5 Å². The van der Waals surface area contributed by atoms with Crippen LogP contribution in [0.4, 0.5) is 0 Å². The van der Waals surface area contributed by atoms with Gasteiger partial charge in [0.05, 0.1) is 0 Å². The summed E-state index contributed by atoms with van der Waals surface area (Å²) in [6, 6.07) is 3.58. The molecule has 2 N–H and O–H groups in total. The molecule has 0 atom stereocenters. The SMILES string of the molecule is NCCOc1ccc2nccnc2n1. The molecule has 0 spiro atoms. The smallest absolute Gasteiger partial charge is 0.215 e. The van der Waals surface area contributed by atoms with Gasteiger partial charge in [-0.1, -0.05) is 0 Å². The summed E-state index contributed by atoms with van der Waals surface area (Å²) in [5.74, 6) is 0.531. The highest BCUT2D eigenvalue weighted by Gasteiger charge is 1.99. The Morgan fingerprint density at radius 1 is 1.21 bits per heavy atom. The second-order valence-electron chi connectivity index (χ2n) is 2.69. The third-order valence-corrected chi connectivity index (χ3v) is 1.67. The molecule has 0 saturated carbocycles. The molecule has 0 aliphatic rings. The Kier molecular flexibility index (Phi) is 2.51. The molecule has 0 bridgehead atoms. The van der Waals surface area contributed by atoms with Gasteiger partial charge in [0.25, 0.3) is 0 Å². The fraction of sp³-hybridized carbons (Fsp3) is 0.222. The van der Waals surface area contributed by atoms with Crippen molar-refractivity contribution < 1.29 is 4.74 Å². The number of nitrogens with zero attached hydrogens (tertiary/aromatic N) is 3. The van der Waals surface area contributed by atoms with Gasteiger partial charge < -0.3 is 10.5 Å². The first kappa shape index (κ1) is 8.83. The zero-order valence-corrected chi connectivity index (χ0v) is 7.55. The molecule has 2 aromatic heterocycles. The molecule has 5 heteroatoms. The van der Waals surface area contributed by atoms with Gasteiger partial charge >= 0.3 is 0 Å². The number of nitrogens with two attached hydrogens (primary N) is 1. The fourth-order valence-corrected chi connectivity index (χ4v) is 1.08. The first-order valence-electron chi connectivity index (χ1n) is 4.31. The molecule has 2 aromatic rings. The standard InChI is InChI=1S/C9H10N4O/c10-3-6-14-8-2-1-7-9(13-8)12-5-4-11-7/h1-2,4-5H,3,6,10H2. The predicted molar refractivity (Wildman–Crippen MR) is 51.9 cm³/mol. The summed E-state index contributed by atoms with van der Waals surface area (Å²) < 4.78 is 5.26. The Morgan fingerprint density at radius 3 is 2.93 bits per heavy atom. The second-order valence-corrected chi connectivity index (χ2v) is 2.69. The summed E-state index contributed by atoms with van der Waals surface area (Å²) in [6.07, 6.45) is 3.23. The van der Waals surface area contributed by atoms with Gasteiger partial charge in [0.15, 0.2) is 5.65 Å². The van der Waals surface area contributed by atoms with Gasteiger partial charge in [0, 0.05) is 25.0 Å². The highest BCUT2D eigenvalue weighted by atomic mass is 16.5. The van der Waals surface area contributed by atoms with Crippen LogP contribution in [0.3, 0.4) is 0 Å². The minimum Gasteiger partial charge on any atom is -0.476 e. The number of aromatic nitrogens is 3.